The van der Waals surface area contributed by atoms with Gasteiger partial charge in [0.05, 0.1) is 4.92 Å². The summed E-state index contributed by atoms with van der Waals surface area (Å²) in [4.78, 5) is 15.3. The Morgan fingerprint density at radius 2 is 1.93 bits per heavy atom. The van der Waals surface area contributed by atoms with E-state index in [2.05, 4.69) is 9.80 Å². The van der Waals surface area contributed by atoms with E-state index in [9.17, 15) is 14.5 Å². The summed E-state index contributed by atoms with van der Waals surface area (Å²) < 4.78 is 13.7. The zero-order valence-electron chi connectivity index (χ0n) is 16.8. The number of nitrogens with two attached hydrogens (primary N) is 1. The fourth-order valence-corrected chi connectivity index (χ4v) is 3.87. The van der Waals surface area contributed by atoms with Gasteiger partial charge in [0.2, 0.25) is 0 Å². The van der Waals surface area contributed by atoms with Crippen molar-refractivity contribution in [3.05, 3.63) is 70.0 Å². The van der Waals surface area contributed by atoms with Crippen LogP contribution in [0.25, 0.3) is 0 Å². The zero-order chi connectivity index (χ0) is 20.8. The number of hydrogen-bond donors (Lipinski definition) is 1. The molecule has 156 valence electrons. The molecular weight excluding hydrogens is 371 g/mol. The highest BCUT2D eigenvalue weighted by molar-refractivity contribution is 5.52. The average molecular weight is 400 g/mol. The minimum atomic E-state index is -0.391. The summed E-state index contributed by atoms with van der Waals surface area (Å²) in [6, 6.07) is 13.8. The van der Waals surface area contributed by atoms with E-state index < -0.39 is 4.92 Å². The van der Waals surface area contributed by atoms with E-state index >= 15 is 0 Å². The minimum Gasteiger partial charge on any atom is -0.364 e. The Bertz CT molecular complexity index is 805. The van der Waals surface area contributed by atoms with Gasteiger partial charge in [-0.15, -0.1) is 0 Å². The van der Waals surface area contributed by atoms with Crippen molar-refractivity contribution in [3.8, 4) is 0 Å². The number of likely N-dealkylation sites (tertiary alicyclic amines) is 1. The van der Waals surface area contributed by atoms with Crippen molar-refractivity contribution >= 4 is 11.4 Å². The second kappa shape index (κ2) is 9.80. The number of hydrogen-bond acceptors (Lipinski definition) is 5. The Morgan fingerprint density at radius 1 is 1.24 bits per heavy atom. The summed E-state index contributed by atoms with van der Waals surface area (Å²) in [6.45, 7) is 5.59. The van der Waals surface area contributed by atoms with Crippen molar-refractivity contribution < 1.29 is 9.31 Å². The molecule has 2 N–H and O–H groups in total. The first kappa shape index (κ1) is 21.2. The molecule has 0 radical (unpaired) electrons. The van der Waals surface area contributed by atoms with Gasteiger partial charge in [-0.1, -0.05) is 12.1 Å². The molecule has 1 atom stereocenters. The molecule has 0 aromatic heterocycles. The van der Waals surface area contributed by atoms with Crippen molar-refractivity contribution in [2.75, 3.05) is 24.5 Å². The van der Waals surface area contributed by atoms with E-state index in [0.717, 1.165) is 50.1 Å². The largest absolute Gasteiger partial charge is 0.364 e. The van der Waals surface area contributed by atoms with Crippen LogP contribution in [0.2, 0.25) is 0 Å². The van der Waals surface area contributed by atoms with Gasteiger partial charge in [0.1, 0.15) is 5.82 Å². The topological polar surface area (TPSA) is 75.6 Å². The lowest BCUT2D eigenvalue weighted by Gasteiger charge is -2.40. The number of piperidine rings is 1. The van der Waals surface area contributed by atoms with Crippen LogP contribution < -0.4 is 10.6 Å². The number of nitrogens with zero attached hydrogens (tertiary/aromatic N) is 3. The van der Waals surface area contributed by atoms with Crippen LogP contribution in [0.3, 0.4) is 0 Å². The number of nitro benzene ring substituents is 1. The smallest absolute Gasteiger partial charge is 0.269 e. The molecule has 1 aliphatic heterocycles. The Kier molecular flexibility index (Phi) is 7.17. The molecular formula is C22H29FN4O2. The third-order valence-electron chi connectivity index (χ3n) is 5.53. The second-order valence-electron chi connectivity index (χ2n) is 7.87. The molecule has 0 bridgehead atoms. The molecule has 0 saturated carbocycles. The number of nitro groups is 1. The van der Waals surface area contributed by atoms with Gasteiger partial charge in [-0.05, 0) is 62.6 Å². The first-order chi connectivity index (χ1) is 13.9. The molecule has 6 nitrogen and oxygen atoms in total. The van der Waals surface area contributed by atoms with Crippen LogP contribution in [0, 0.1) is 15.9 Å². The number of halogens is 1. The highest BCUT2D eigenvalue weighted by Gasteiger charge is 2.25. The number of rotatable bonds is 8. The van der Waals surface area contributed by atoms with E-state index in [1.807, 2.05) is 13.0 Å². The molecule has 3 rings (SSSR count). The number of benzene rings is 2. The fraction of sp³-hybridized carbons (Fsp3) is 0.455. The standard InChI is InChI=1S/C22H29FN4O2/c1-17(24)9-12-25-13-10-21(11-14-25)26(16-18-3-2-4-19(23)15-18)20-5-7-22(8-6-20)27(28)29/h2-8,15,17,21H,9-14,16,24H2,1H3. The molecule has 29 heavy (non-hydrogen) atoms. The molecule has 2 aromatic rings. The van der Waals surface area contributed by atoms with Crippen molar-refractivity contribution in [2.45, 2.75) is 44.8 Å². The normalized spacial score (nSPS) is 16.5. The molecule has 1 heterocycles. The van der Waals surface area contributed by atoms with Crippen LogP contribution in [0.1, 0.15) is 31.7 Å². The van der Waals surface area contributed by atoms with E-state index in [1.165, 1.54) is 18.2 Å². The molecule has 1 aliphatic rings. The second-order valence-corrected chi connectivity index (χ2v) is 7.87. The Hall–Kier alpha value is -2.51. The van der Waals surface area contributed by atoms with E-state index in [-0.39, 0.29) is 17.5 Å². The lowest BCUT2D eigenvalue weighted by atomic mass is 10.0. The van der Waals surface area contributed by atoms with Crippen molar-refractivity contribution in [3.63, 3.8) is 0 Å². The van der Waals surface area contributed by atoms with Gasteiger partial charge in [0, 0.05) is 49.5 Å². The maximum Gasteiger partial charge on any atom is 0.269 e. The summed E-state index contributed by atoms with van der Waals surface area (Å²) in [7, 11) is 0. The first-order valence-corrected chi connectivity index (χ1v) is 10.2. The summed E-state index contributed by atoms with van der Waals surface area (Å²) in [5, 5.41) is 11.0. The Balaban J connectivity index is 1.75. The average Bonchev–Trinajstić information content (AvgIpc) is 2.71. The van der Waals surface area contributed by atoms with Crippen LogP contribution in [0.4, 0.5) is 15.8 Å². The van der Waals surface area contributed by atoms with E-state index in [4.69, 9.17) is 5.73 Å². The summed E-state index contributed by atoms with van der Waals surface area (Å²) in [5.41, 5.74) is 7.77. The monoisotopic (exact) mass is 400 g/mol. The molecule has 7 heteroatoms. The molecule has 2 aromatic carbocycles. The molecule has 1 unspecified atom stereocenters. The van der Waals surface area contributed by atoms with Crippen LogP contribution in [0.15, 0.2) is 48.5 Å². The lowest BCUT2D eigenvalue weighted by molar-refractivity contribution is -0.384. The lowest BCUT2D eigenvalue weighted by Crippen LogP contribution is -2.45. The van der Waals surface area contributed by atoms with Gasteiger partial charge >= 0.3 is 0 Å². The van der Waals surface area contributed by atoms with Gasteiger partial charge in [-0.25, -0.2) is 4.39 Å². The maximum absolute atomic E-state index is 13.7. The molecule has 0 aliphatic carbocycles. The highest BCUT2D eigenvalue weighted by Crippen LogP contribution is 2.28. The Labute approximate surface area is 171 Å². The van der Waals surface area contributed by atoms with E-state index in [0.29, 0.717) is 12.6 Å². The third-order valence-corrected chi connectivity index (χ3v) is 5.53. The van der Waals surface area contributed by atoms with Crippen LogP contribution >= 0.6 is 0 Å². The third kappa shape index (κ3) is 5.98. The first-order valence-electron chi connectivity index (χ1n) is 10.2. The molecule has 0 spiro atoms. The van der Waals surface area contributed by atoms with Gasteiger partial charge in [0.25, 0.3) is 5.69 Å². The minimum absolute atomic E-state index is 0.0742. The summed E-state index contributed by atoms with van der Waals surface area (Å²) in [5.74, 6) is -0.253. The van der Waals surface area contributed by atoms with Crippen LogP contribution in [0.5, 0.6) is 0 Å². The predicted octanol–water partition coefficient (Wildman–Crippen LogP) is 3.94. The summed E-state index contributed by atoms with van der Waals surface area (Å²) in [6.07, 6.45) is 2.97. The van der Waals surface area contributed by atoms with Crippen molar-refractivity contribution in [1.29, 1.82) is 0 Å². The van der Waals surface area contributed by atoms with Crippen LogP contribution in [-0.4, -0.2) is 41.5 Å². The summed E-state index contributed by atoms with van der Waals surface area (Å²) >= 11 is 0. The highest BCUT2D eigenvalue weighted by atomic mass is 19.1. The maximum atomic E-state index is 13.7. The number of non-ortho nitro benzene ring substituents is 1. The van der Waals surface area contributed by atoms with Gasteiger partial charge < -0.3 is 15.5 Å². The fourth-order valence-electron chi connectivity index (χ4n) is 3.87. The van der Waals surface area contributed by atoms with Gasteiger partial charge in [-0.2, -0.15) is 0 Å². The van der Waals surface area contributed by atoms with Crippen molar-refractivity contribution in [2.24, 2.45) is 5.73 Å². The molecule has 0 amide bonds. The SMILES string of the molecule is CC(N)CCN1CCC(N(Cc2cccc(F)c2)c2ccc([N+](=O)[O-])cc2)CC1. The van der Waals surface area contributed by atoms with E-state index in [1.54, 1.807) is 24.3 Å². The zero-order valence-corrected chi connectivity index (χ0v) is 16.8. The molecule has 1 fully saturated rings. The van der Waals surface area contributed by atoms with Gasteiger partial charge in [0.15, 0.2) is 0 Å². The number of anilines is 1. The van der Waals surface area contributed by atoms with Gasteiger partial charge in [-0.3, -0.25) is 10.1 Å². The predicted molar refractivity (Wildman–Crippen MR) is 113 cm³/mol. The van der Waals surface area contributed by atoms with Crippen LogP contribution in [-0.2, 0) is 6.54 Å². The molecule has 1 saturated heterocycles. The Morgan fingerprint density at radius 3 is 2.52 bits per heavy atom. The quantitative estimate of drug-likeness (QED) is 0.536. The van der Waals surface area contributed by atoms with Crippen molar-refractivity contribution in [1.82, 2.24) is 4.90 Å².